The van der Waals surface area contributed by atoms with Crippen LogP contribution in [0.3, 0.4) is 0 Å². The first-order valence-corrected chi connectivity index (χ1v) is 7.12. The van der Waals surface area contributed by atoms with Gasteiger partial charge in [-0.2, -0.15) is 12.6 Å². The Balaban J connectivity index is 2.45. The van der Waals surface area contributed by atoms with Gasteiger partial charge in [0.15, 0.2) is 9.84 Å². The summed E-state index contributed by atoms with van der Waals surface area (Å²) < 4.78 is 23.4. The summed E-state index contributed by atoms with van der Waals surface area (Å²) in [6, 6.07) is 5.38. The van der Waals surface area contributed by atoms with Crippen LogP contribution in [0.5, 0.6) is 0 Å². The molecule has 0 saturated carbocycles. The standard InChI is InChI=1S/C10H13NO2S2/c12-15(13)5-1-2-8-6-9(11-7-14)3-4-10(8)15/h3-4,6,11,14H,1-2,5,7H2. The lowest BCUT2D eigenvalue weighted by molar-refractivity contribution is 0.586. The van der Waals surface area contributed by atoms with E-state index in [-0.39, 0.29) is 5.75 Å². The van der Waals surface area contributed by atoms with E-state index in [4.69, 9.17) is 0 Å². The van der Waals surface area contributed by atoms with Crippen LogP contribution in [0.4, 0.5) is 5.69 Å². The Kier molecular flexibility index (Phi) is 2.93. The summed E-state index contributed by atoms with van der Waals surface area (Å²) in [6.45, 7) is 0. The largest absolute Gasteiger partial charge is 0.376 e. The van der Waals surface area contributed by atoms with Crippen molar-refractivity contribution in [1.29, 1.82) is 0 Å². The molecule has 0 atom stereocenters. The number of rotatable bonds is 2. The van der Waals surface area contributed by atoms with Gasteiger partial charge in [-0.25, -0.2) is 8.42 Å². The van der Waals surface area contributed by atoms with Crippen molar-refractivity contribution in [2.45, 2.75) is 17.7 Å². The molecule has 0 bridgehead atoms. The second-order valence-corrected chi connectivity index (χ2v) is 5.97. The molecule has 0 amide bonds. The van der Waals surface area contributed by atoms with Crippen LogP contribution < -0.4 is 5.32 Å². The number of aryl methyl sites for hydroxylation is 1. The minimum atomic E-state index is -3.02. The molecule has 0 fully saturated rings. The van der Waals surface area contributed by atoms with Crippen LogP contribution in [-0.4, -0.2) is 20.0 Å². The smallest absolute Gasteiger partial charge is 0.178 e. The highest BCUT2D eigenvalue weighted by Gasteiger charge is 2.23. The molecule has 1 aromatic carbocycles. The topological polar surface area (TPSA) is 46.2 Å². The van der Waals surface area contributed by atoms with Crippen LogP contribution in [0.15, 0.2) is 23.1 Å². The number of fused-ring (bicyclic) bond motifs is 1. The number of benzene rings is 1. The van der Waals surface area contributed by atoms with Crippen molar-refractivity contribution < 1.29 is 8.42 Å². The van der Waals surface area contributed by atoms with Crippen LogP contribution in [0.1, 0.15) is 12.0 Å². The second-order valence-electron chi connectivity index (χ2n) is 3.58. The van der Waals surface area contributed by atoms with Gasteiger partial charge in [-0.15, -0.1) is 0 Å². The van der Waals surface area contributed by atoms with Crippen LogP contribution in [0, 0.1) is 0 Å². The maximum absolute atomic E-state index is 11.7. The molecule has 0 radical (unpaired) electrons. The molecule has 82 valence electrons. The van der Waals surface area contributed by atoms with E-state index in [0.717, 1.165) is 24.1 Å². The van der Waals surface area contributed by atoms with Gasteiger partial charge >= 0.3 is 0 Å². The van der Waals surface area contributed by atoms with Gasteiger partial charge < -0.3 is 5.32 Å². The zero-order valence-electron chi connectivity index (χ0n) is 8.23. The van der Waals surface area contributed by atoms with Crippen molar-refractivity contribution in [1.82, 2.24) is 0 Å². The van der Waals surface area contributed by atoms with Crippen molar-refractivity contribution in [3.05, 3.63) is 23.8 Å². The molecule has 0 aromatic heterocycles. The maximum atomic E-state index is 11.7. The monoisotopic (exact) mass is 243 g/mol. The van der Waals surface area contributed by atoms with E-state index in [1.54, 1.807) is 12.1 Å². The zero-order valence-corrected chi connectivity index (χ0v) is 9.94. The molecule has 0 unspecified atom stereocenters. The highest BCUT2D eigenvalue weighted by Crippen LogP contribution is 2.27. The molecule has 1 aromatic rings. The average molecular weight is 243 g/mol. The highest BCUT2D eigenvalue weighted by molar-refractivity contribution is 7.91. The lowest BCUT2D eigenvalue weighted by atomic mass is 10.1. The van der Waals surface area contributed by atoms with Gasteiger partial charge in [0.05, 0.1) is 16.5 Å². The third kappa shape index (κ3) is 2.13. The Labute approximate surface area is 95.2 Å². The molecule has 0 saturated heterocycles. The number of hydrogen-bond acceptors (Lipinski definition) is 4. The summed E-state index contributed by atoms with van der Waals surface area (Å²) in [5.74, 6) is 0.824. The molecule has 3 nitrogen and oxygen atoms in total. The van der Waals surface area contributed by atoms with Crippen molar-refractivity contribution in [2.75, 3.05) is 16.9 Å². The number of thiol groups is 1. The minimum absolute atomic E-state index is 0.277. The first kappa shape index (κ1) is 10.8. The van der Waals surface area contributed by atoms with Gasteiger partial charge in [0.2, 0.25) is 0 Å². The van der Waals surface area contributed by atoms with Gasteiger partial charge in [-0.1, -0.05) is 0 Å². The van der Waals surface area contributed by atoms with E-state index in [1.807, 2.05) is 6.07 Å². The number of sulfone groups is 1. The summed E-state index contributed by atoms with van der Waals surface area (Å²) >= 11 is 4.06. The Morgan fingerprint density at radius 2 is 2.20 bits per heavy atom. The third-order valence-corrected chi connectivity index (χ3v) is 4.59. The summed E-state index contributed by atoms with van der Waals surface area (Å²) in [5.41, 5.74) is 1.86. The quantitative estimate of drug-likeness (QED) is 0.614. The Hall–Kier alpha value is -0.680. The van der Waals surface area contributed by atoms with E-state index in [9.17, 15) is 8.42 Å². The summed E-state index contributed by atoms with van der Waals surface area (Å²) in [6.07, 6.45) is 1.57. The molecule has 1 aliphatic heterocycles. The van der Waals surface area contributed by atoms with Crippen molar-refractivity contribution in [3.63, 3.8) is 0 Å². The molecular weight excluding hydrogens is 230 g/mol. The second kappa shape index (κ2) is 4.06. The number of hydrogen-bond donors (Lipinski definition) is 2. The molecule has 1 N–H and O–H groups in total. The predicted molar refractivity (Wildman–Crippen MR) is 64.3 cm³/mol. The first-order chi connectivity index (χ1) is 7.13. The molecule has 1 aliphatic rings. The molecule has 2 rings (SSSR count). The van der Waals surface area contributed by atoms with E-state index in [0.29, 0.717) is 10.8 Å². The van der Waals surface area contributed by atoms with Crippen LogP contribution in [0.25, 0.3) is 0 Å². The maximum Gasteiger partial charge on any atom is 0.178 e. The summed E-state index contributed by atoms with van der Waals surface area (Å²) in [7, 11) is -3.02. The van der Waals surface area contributed by atoms with Crippen LogP contribution in [0.2, 0.25) is 0 Å². The van der Waals surface area contributed by atoms with Gasteiger partial charge in [0.1, 0.15) is 0 Å². The summed E-state index contributed by atoms with van der Waals surface area (Å²) in [5, 5.41) is 3.05. The fraction of sp³-hybridized carbons (Fsp3) is 0.400. The first-order valence-electron chi connectivity index (χ1n) is 4.84. The molecule has 0 aliphatic carbocycles. The minimum Gasteiger partial charge on any atom is -0.376 e. The van der Waals surface area contributed by atoms with Crippen molar-refractivity contribution in [2.24, 2.45) is 0 Å². The Morgan fingerprint density at radius 3 is 2.93 bits per heavy atom. The van der Waals surface area contributed by atoms with Crippen LogP contribution in [-0.2, 0) is 16.3 Å². The summed E-state index contributed by atoms with van der Waals surface area (Å²) in [4.78, 5) is 0.499. The Morgan fingerprint density at radius 1 is 1.40 bits per heavy atom. The number of nitrogens with one attached hydrogen (secondary N) is 1. The van der Waals surface area contributed by atoms with Gasteiger partial charge in [0.25, 0.3) is 0 Å². The molecule has 5 heteroatoms. The normalized spacial score (nSPS) is 18.2. The van der Waals surface area contributed by atoms with Crippen molar-refractivity contribution in [3.8, 4) is 0 Å². The van der Waals surface area contributed by atoms with Gasteiger partial charge in [0, 0.05) is 5.69 Å². The zero-order chi connectivity index (χ0) is 10.9. The molecule has 15 heavy (non-hydrogen) atoms. The number of anilines is 1. The van der Waals surface area contributed by atoms with Crippen molar-refractivity contribution >= 4 is 28.2 Å². The predicted octanol–water partition coefficient (Wildman–Crippen LogP) is 1.71. The Bertz CT molecular complexity index is 468. The van der Waals surface area contributed by atoms with E-state index >= 15 is 0 Å². The SMILES string of the molecule is O=S1(=O)CCCc2cc(NCS)ccc21. The average Bonchev–Trinajstić information content (AvgIpc) is 2.17. The molecular formula is C10H13NO2S2. The van der Waals surface area contributed by atoms with Gasteiger partial charge in [-0.05, 0) is 36.6 Å². The lowest BCUT2D eigenvalue weighted by Gasteiger charge is -2.17. The van der Waals surface area contributed by atoms with Gasteiger partial charge in [-0.3, -0.25) is 0 Å². The van der Waals surface area contributed by atoms with E-state index in [1.165, 1.54) is 0 Å². The highest BCUT2D eigenvalue weighted by atomic mass is 32.2. The molecule has 0 spiro atoms. The third-order valence-electron chi connectivity index (χ3n) is 2.54. The van der Waals surface area contributed by atoms with E-state index < -0.39 is 9.84 Å². The van der Waals surface area contributed by atoms with E-state index in [2.05, 4.69) is 17.9 Å². The lowest BCUT2D eigenvalue weighted by Crippen LogP contribution is -2.16. The molecule has 1 heterocycles. The fourth-order valence-corrected chi connectivity index (χ4v) is 3.60. The fourth-order valence-electron chi connectivity index (χ4n) is 1.84. The van der Waals surface area contributed by atoms with Crippen LogP contribution >= 0.6 is 12.6 Å².